The summed E-state index contributed by atoms with van der Waals surface area (Å²) in [5, 5.41) is 3.54. The number of aromatic amines is 1. The molecule has 0 atom stereocenters. The number of ether oxygens (including phenoxy) is 1. The average molecular weight is 475 g/mol. The molecule has 1 aromatic heterocycles. The summed E-state index contributed by atoms with van der Waals surface area (Å²) in [5.41, 5.74) is 4.19. The smallest absolute Gasteiger partial charge is 0.339 e. The van der Waals surface area contributed by atoms with Gasteiger partial charge in [0.2, 0.25) is 0 Å². The first-order valence-corrected chi connectivity index (χ1v) is 12.4. The Morgan fingerprint density at radius 2 is 1.59 bits per heavy atom. The molecule has 0 spiro atoms. The lowest BCUT2D eigenvalue weighted by molar-refractivity contribution is 0.415. The minimum atomic E-state index is -4.09. The van der Waals surface area contributed by atoms with Gasteiger partial charge >= 0.3 is 10.1 Å². The van der Waals surface area contributed by atoms with Crippen LogP contribution in [0.5, 0.6) is 11.5 Å². The normalized spacial score (nSPS) is 11.9. The summed E-state index contributed by atoms with van der Waals surface area (Å²) < 4.78 is 38.2. The van der Waals surface area contributed by atoms with Crippen molar-refractivity contribution in [2.75, 3.05) is 26.1 Å². The van der Waals surface area contributed by atoms with E-state index in [9.17, 15) is 8.42 Å². The molecule has 0 aliphatic rings. The van der Waals surface area contributed by atoms with Crippen LogP contribution in [0.1, 0.15) is 11.1 Å². The van der Waals surface area contributed by atoms with E-state index in [2.05, 4.69) is 4.98 Å². The maximum Gasteiger partial charge on any atom is 0.339 e. The number of fused-ring (bicyclic) bond motifs is 4. The first-order valence-electron chi connectivity index (χ1n) is 10.9. The predicted molar refractivity (Wildman–Crippen MR) is 138 cm³/mol. The van der Waals surface area contributed by atoms with E-state index in [-0.39, 0.29) is 4.90 Å². The SMILES string of the molecule is COc1ccc2c(c1)[nH]c1c(C)c(OS(=O)(=O)c3cccc4c(N(C)C)cccc34)c(C)cc12. The molecule has 5 aromatic rings. The van der Waals surface area contributed by atoms with Crippen LogP contribution in [-0.2, 0) is 10.1 Å². The van der Waals surface area contributed by atoms with Gasteiger partial charge in [-0.3, -0.25) is 0 Å². The molecule has 0 saturated carbocycles. The fourth-order valence-electron chi connectivity index (χ4n) is 4.62. The van der Waals surface area contributed by atoms with E-state index in [0.717, 1.165) is 49.8 Å². The Morgan fingerprint density at radius 3 is 2.32 bits per heavy atom. The summed E-state index contributed by atoms with van der Waals surface area (Å²) in [6.45, 7) is 3.74. The van der Waals surface area contributed by atoms with Gasteiger partial charge in [-0.2, -0.15) is 8.42 Å². The molecule has 1 heterocycles. The Balaban J connectivity index is 1.66. The molecule has 6 nitrogen and oxygen atoms in total. The highest BCUT2D eigenvalue weighted by Crippen LogP contribution is 2.38. The third-order valence-corrected chi connectivity index (χ3v) is 7.56. The molecule has 0 aliphatic heterocycles. The van der Waals surface area contributed by atoms with Crippen LogP contribution < -0.4 is 13.8 Å². The van der Waals surface area contributed by atoms with Gasteiger partial charge in [0.1, 0.15) is 10.6 Å². The third kappa shape index (κ3) is 3.44. The second kappa shape index (κ2) is 7.95. The van der Waals surface area contributed by atoms with Crippen LogP contribution in [-0.4, -0.2) is 34.6 Å². The van der Waals surface area contributed by atoms with Crippen molar-refractivity contribution in [2.45, 2.75) is 18.7 Å². The summed E-state index contributed by atoms with van der Waals surface area (Å²) >= 11 is 0. The molecule has 0 saturated heterocycles. The van der Waals surface area contributed by atoms with Crippen LogP contribution in [0, 0.1) is 13.8 Å². The lowest BCUT2D eigenvalue weighted by Crippen LogP contribution is -2.13. The molecule has 174 valence electrons. The molecule has 0 aliphatic carbocycles. The quantitative estimate of drug-likeness (QED) is 0.320. The maximum atomic E-state index is 13.5. The second-order valence-electron chi connectivity index (χ2n) is 8.67. The number of anilines is 1. The minimum Gasteiger partial charge on any atom is -0.497 e. The number of H-pyrrole nitrogens is 1. The average Bonchev–Trinajstić information content (AvgIpc) is 3.18. The van der Waals surface area contributed by atoms with Crippen LogP contribution in [0.3, 0.4) is 0 Å². The molecule has 0 bridgehead atoms. The molecule has 5 rings (SSSR count). The van der Waals surface area contributed by atoms with Crippen molar-refractivity contribution in [2.24, 2.45) is 0 Å². The molecule has 4 aromatic carbocycles. The van der Waals surface area contributed by atoms with E-state index in [1.165, 1.54) is 0 Å². The van der Waals surface area contributed by atoms with E-state index in [1.54, 1.807) is 19.2 Å². The molecule has 1 N–H and O–H groups in total. The van der Waals surface area contributed by atoms with Gasteiger partial charge in [-0.1, -0.05) is 24.3 Å². The molecular formula is C27H26N2O4S. The van der Waals surface area contributed by atoms with Crippen molar-refractivity contribution in [3.8, 4) is 11.5 Å². The minimum absolute atomic E-state index is 0.147. The zero-order chi connectivity index (χ0) is 24.2. The number of aryl methyl sites for hydroxylation is 2. The van der Waals surface area contributed by atoms with E-state index >= 15 is 0 Å². The highest BCUT2D eigenvalue weighted by atomic mass is 32.2. The molecule has 0 radical (unpaired) electrons. The molecular weight excluding hydrogens is 448 g/mol. The molecule has 0 amide bonds. The van der Waals surface area contributed by atoms with E-state index < -0.39 is 10.1 Å². The summed E-state index contributed by atoms with van der Waals surface area (Å²) in [5.74, 6) is 1.09. The fourth-order valence-corrected chi connectivity index (χ4v) is 5.88. The zero-order valence-electron chi connectivity index (χ0n) is 19.8. The number of nitrogens with zero attached hydrogens (tertiary/aromatic N) is 1. The van der Waals surface area contributed by atoms with Gasteiger partial charge in [-0.25, -0.2) is 0 Å². The zero-order valence-corrected chi connectivity index (χ0v) is 20.6. The van der Waals surface area contributed by atoms with Crippen LogP contribution in [0.25, 0.3) is 32.6 Å². The Kier molecular flexibility index (Phi) is 5.17. The van der Waals surface area contributed by atoms with Crippen LogP contribution in [0.4, 0.5) is 5.69 Å². The van der Waals surface area contributed by atoms with Crippen LogP contribution in [0.15, 0.2) is 65.6 Å². The Morgan fingerprint density at radius 1 is 0.853 bits per heavy atom. The van der Waals surface area contributed by atoms with E-state index in [0.29, 0.717) is 11.1 Å². The fraction of sp³-hybridized carbons (Fsp3) is 0.185. The number of rotatable bonds is 5. The number of benzene rings is 4. The first kappa shape index (κ1) is 22.1. The van der Waals surface area contributed by atoms with Crippen molar-refractivity contribution >= 4 is 48.4 Å². The number of methoxy groups -OCH3 is 1. The number of hydrogen-bond acceptors (Lipinski definition) is 5. The first-order chi connectivity index (χ1) is 16.2. The van der Waals surface area contributed by atoms with Crippen molar-refractivity contribution in [3.05, 3.63) is 71.8 Å². The summed E-state index contributed by atoms with van der Waals surface area (Å²) in [6.07, 6.45) is 0. The number of nitrogens with one attached hydrogen (secondary N) is 1. The van der Waals surface area contributed by atoms with Gasteiger partial charge in [0, 0.05) is 53.0 Å². The molecule has 0 fully saturated rings. The van der Waals surface area contributed by atoms with Crippen molar-refractivity contribution in [1.82, 2.24) is 4.98 Å². The Hall–Kier alpha value is -3.71. The molecule has 7 heteroatoms. The topological polar surface area (TPSA) is 71.6 Å². The van der Waals surface area contributed by atoms with Crippen molar-refractivity contribution in [1.29, 1.82) is 0 Å². The van der Waals surface area contributed by atoms with Gasteiger partial charge in [0.05, 0.1) is 18.1 Å². The maximum absolute atomic E-state index is 13.5. The summed E-state index contributed by atoms with van der Waals surface area (Å²) in [6, 6.07) is 18.7. The molecule has 34 heavy (non-hydrogen) atoms. The summed E-state index contributed by atoms with van der Waals surface area (Å²) in [4.78, 5) is 5.52. The van der Waals surface area contributed by atoms with Gasteiger partial charge in [-0.05, 0) is 49.7 Å². The van der Waals surface area contributed by atoms with Gasteiger partial charge in [0.25, 0.3) is 0 Å². The highest BCUT2D eigenvalue weighted by molar-refractivity contribution is 7.87. The number of hydrogen-bond donors (Lipinski definition) is 1. The lowest BCUT2D eigenvalue weighted by atomic mass is 10.0. The summed E-state index contributed by atoms with van der Waals surface area (Å²) in [7, 11) is 1.41. The van der Waals surface area contributed by atoms with Gasteiger partial charge in [0.15, 0.2) is 5.75 Å². The van der Waals surface area contributed by atoms with Gasteiger partial charge in [-0.15, -0.1) is 0 Å². The van der Waals surface area contributed by atoms with Gasteiger partial charge < -0.3 is 18.8 Å². The van der Waals surface area contributed by atoms with E-state index in [1.807, 2.05) is 81.4 Å². The predicted octanol–water partition coefficient (Wildman–Crippen LogP) is 5.93. The Labute approximate surface area is 198 Å². The lowest BCUT2D eigenvalue weighted by Gasteiger charge is -2.18. The monoisotopic (exact) mass is 474 g/mol. The largest absolute Gasteiger partial charge is 0.497 e. The highest BCUT2D eigenvalue weighted by Gasteiger charge is 2.24. The molecule has 0 unspecified atom stereocenters. The van der Waals surface area contributed by atoms with Crippen LogP contribution >= 0.6 is 0 Å². The van der Waals surface area contributed by atoms with Crippen molar-refractivity contribution in [3.63, 3.8) is 0 Å². The Bertz CT molecular complexity index is 1680. The van der Waals surface area contributed by atoms with E-state index in [4.69, 9.17) is 8.92 Å². The number of aromatic nitrogens is 1. The standard InChI is InChI=1S/C27H26N2O4S/c1-16-14-22-19-13-12-18(32-5)15-23(19)28-26(22)17(2)27(16)33-34(30,31)25-11-7-8-20-21(25)9-6-10-24(20)29(3)4/h6-15,28H,1-5H3. The van der Waals surface area contributed by atoms with Crippen molar-refractivity contribution < 1.29 is 17.3 Å². The second-order valence-corrected chi connectivity index (χ2v) is 10.2. The third-order valence-electron chi connectivity index (χ3n) is 6.28. The van der Waals surface area contributed by atoms with Crippen LogP contribution in [0.2, 0.25) is 0 Å².